The molecule has 1 aromatic heterocycles. The molecule has 0 spiro atoms. The van der Waals surface area contributed by atoms with Crippen molar-refractivity contribution in [3.8, 4) is 0 Å². The molecular weight excluding hydrogens is 296 g/mol. The minimum absolute atomic E-state index is 0.237. The Labute approximate surface area is 84.0 Å². The van der Waals surface area contributed by atoms with Crippen LogP contribution in [0, 0.1) is 0 Å². The van der Waals surface area contributed by atoms with Crippen LogP contribution in [0.5, 0.6) is 0 Å². The molecule has 0 aliphatic rings. The van der Waals surface area contributed by atoms with Gasteiger partial charge in [-0.05, 0) is 15.9 Å². The Morgan fingerprint density at radius 3 is 2.58 bits per heavy atom. The fourth-order valence-corrected chi connectivity index (χ4v) is 1.56. The highest BCUT2D eigenvalue weighted by Crippen LogP contribution is 1.98. The summed E-state index contributed by atoms with van der Waals surface area (Å²) < 4.78 is 1.92. The van der Waals surface area contributed by atoms with Gasteiger partial charge < -0.3 is 4.84 Å². The Kier molecular flexibility index (Phi) is 2.73. The lowest BCUT2D eigenvalue weighted by atomic mass is 10.7. The van der Waals surface area contributed by atoms with E-state index in [4.69, 9.17) is 0 Å². The van der Waals surface area contributed by atoms with Gasteiger partial charge in [-0.15, -0.1) is 4.73 Å². The van der Waals surface area contributed by atoms with Crippen molar-refractivity contribution >= 4 is 32.1 Å². The van der Waals surface area contributed by atoms with E-state index in [0.717, 1.165) is 8.32 Å². The predicted molar refractivity (Wildman–Crippen MR) is 49.5 cm³/mol. The molecule has 0 radical (unpaired) electrons. The van der Waals surface area contributed by atoms with Gasteiger partial charge in [-0.25, -0.2) is 4.79 Å². The predicted octanol–water partition coefficient (Wildman–Crippen LogP) is -0.0111. The van der Waals surface area contributed by atoms with Gasteiger partial charge in [-0.2, -0.15) is 3.59 Å². The summed E-state index contributed by atoms with van der Waals surface area (Å²) in [5.74, 6) is 0. The second kappa shape index (κ2) is 3.44. The number of aromatic nitrogens is 2. The van der Waals surface area contributed by atoms with Gasteiger partial charge in [0.05, 0.1) is 22.3 Å². The van der Waals surface area contributed by atoms with Crippen LogP contribution >= 0.6 is 32.1 Å². The van der Waals surface area contributed by atoms with E-state index in [-0.39, 0.29) is 4.47 Å². The van der Waals surface area contributed by atoms with Crippen LogP contribution in [0.1, 0.15) is 0 Å². The number of rotatable bonds is 1. The normalized spacial score (nSPS) is 9.92. The molecule has 0 aromatic carbocycles. The molecule has 66 valence electrons. The second-order valence-electron chi connectivity index (χ2n) is 1.85. The first-order valence-electron chi connectivity index (χ1n) is 2.82. The Bertz CT molecular complexity index is 408. The summed E-state index contributed by atoms with van der Waals surface area (Å²) >= 11 is 5.75. The summed E-state index contributed by atoms with van der Waals surface area (Å²) in [4.78, 5) is 26.8. The largest absolute Gasteiger partial charge is 0.413 e. The van der Waals surface area contributed by atoms with Crippen LogP contribution in [0.15, 0.2) is 20.3 Å². The lowest BCUT2D eigenvalue weighted by molar-refractivity contribution is 0.151. The van der Waals surface area contributed by atoms with Gasteiger partial charge in [0.25, 0.3) is 5.56 Å². The maximum atomic E-state index is 11.1. The average molecular weight is 300 g/mol. The lowest BCUT2D eigenvalue weighted by Gasteiger charge is -2.03. The average Bonchev–Trinajstić information content (AvgIpc) is 2.08. The van der Waals surface area contributed by atoms with Crippen molar-refractivity contribution < 1.29 is 4.84 Å². The Morgan fingerprint density at radius 2 is 2.08 bits per heavy atom. The van der Waals surface area contributed by atoms with Crippen molar-refractivity contribution in [1.82, 2.24) is 8.32 Å². The van der Waals surface area contributed by atoms with Gasteiger partial charge in [0.15, 0.2) is 0 Å². The summed E-state index contributed by atoms with van der Waals surface area (Å²) in [6.45, 7) is 0. The zero-order valence-corrected chi connectivity index (χ0v) is 9.12. The third-order valence-corrected chi connectivity index (χ3v) is 2.34. The first kappa shape index (κ1) is 9.53. The maximum Gasteiger partial charge on any atom is 0.374 e. The molecule has 0 unspecified atom stereocenters. The molecule has 7 heteroatoms. The van der Waals surface area contributed by atoms with E-state index < -0.39 is 11.2 Å². The molecule has 0 atom stereocenters. The van der Waals surface area contributed by atoms with E-state index in [9.17, 15) is 9.59 Å². The quantitative estimate of drug-likeness (QED) is 0.733. The molecule has 0 saturated heterocycles. The molecule has 1 aromatic rings. The summed E-state index contributed by atoms with van der Waals surface area (Å²) in [7, 11) is 1.32. The zero-order chi connectivity index (χ0) is 9.30. The van der Waals surface area contributed by atoms with Crippen LogP contribution in [-0.4, -0.2) is 15.4 Å². The summed E-state index contributed by atoms with van der Waals surface area (Å²) in [6.07, 6.45) is 1.25. The molecule has 0 N–H and O–H groups in total. The monoisotopic (exact) mass is 298 g/mol. The molecule has 0 fully saturated rings. The number of hydrogen-bond donors (Lipinski definition) is 0. The number of halogens is 2. The first-order chi connectivity index (χ1) is 5.57. The number of nitrogens with zero attached hydrogens (tertiary/aromatic N) is 2. The molecule has 5 nitrogen and oxygen atoms in total. The fraction of sp³-hybridized carbons (Fsp3) is 0.200. The molecule has 0 bridgehead atoms. The van der Waals surface area contributed by atoms with E-state index in [1.54, 1.807) is 0 Å². The van der Waals surface area contributed by atoms with E-state index in [1.165, 1.54) is 13.3 Å². The summed E-state index contributed by atoms with van der Waals surface area (Å²) in [5.41, 5.74) is -1.06. The van der Waals surface area contributed by atoms with Crippen LogP contribution in [0.25, 0.3) is 0 Å². The minimum atomic E-state index is -0.592. The van der Waals surface area contributed by atoms with Crippen LogP contribution in [0.4, 0.5) is 0 Å². The highest BCUT2D eigenvalue weighted by atomic mass is 79.9. The van der Waals surface area contributed by atoms with Crippen molar-refractivity contribution in [2.24, 2.45) is 0 Å². The molecule has 12 heavy (non-hydrogen) atoms. The number of hydrogen-bond acceptors (Lipinski definition) is 3. The van der Waals surface area contributed by atoms with Gasteiger partial charge in [0.2, 0.25) is 0 Å². The zero-order valence-electron chi connectivity index (χ0n) is 5.95. The van der Waals surface area contributed by atoms with Gasteiger partial charge in [-0.1, -0.05) is 0 Å². The van der Waals surface area contributed by atoms with Crippen LogP contribution in [0.3, 0.4) is 0 Å². The van der Waals surface area contributed by atoms with Gasteiger partial charge in [-0.3, -0.25) is 4.79 Å². The SMILES string of the molecule is COn1cc(Br)c(=O)n(Br)c1=O. The molecule has 0 amide bonds. The van der Waals surface area contributed by atoms with Gasteiger partial charge in [0, 0.05) is 0 Å². The molecule has 1 heterocycles. The van der Waals surface area contributed by atoms with E-state index in [0.29, 0.717) is 0 Å². The minimum Gasteiger partial charge on any atom is -0.413 e. The molecule has 0 saturated carbocycles. The standard InChI is InChI=1S/C5H4Br2N2O3/c1-12-8-2-3(6)4(10)9(7)5(8)11/h2H,1H3. The van der Waals surface area contributed by atoms with Gasteiger partial charge >= 0.3 is 5.69 Å². The van der Waals surface area contributed by atoms with E-state index >= 15 is 0 Å². The third kappa shape index (κ3) is 1.46. The Balaban J connectivity index is 3.61. The van der Waals surface area contributed by atoms with Crippen LogP contribution in [-0.2, 0) is 0 Å². The topological polar surface area (TPSA) is 53.2 Å². The molecule has 1 rings (SSSR count). The smallest absolute Gasteiger partial charge is 0.374 e. The fourth-order valence-electron chi connectivity index (χ4n) is 0.611. The third-order valence-electron chi connectivity index (χ3n) is 1.17. The lowest BCUT2D eigenvalue weighted by Crippen LogP contribution is -2.37. The summed E-state index contributed by atoms with van der Waals surface area (Å²) in [6, 6.07) is 0. The van der Waals surface area contributed by atoms with E-state index in [2.05, 4.69) is 36.9 Å². The highest BCUT2D eigenvalue weighted by Gasteiger charge is 2.06. The molecular formula is C5H4Br2N2O3. The first-order valence-corrected chi connectivity index (χ1v) is 4.33. The van der Waals surface area contributed by atoms with E-state index in [1.807, 2.05) is 0 Å². The van der Waals surface area contributed by atoms with Gasteiger partial charge in [0.1, 0.15) is 11.6 Å². The van der Waals surface area contributed by atoms with Crippen molar-refractivity contribution in [2.45, 2.75) is 0 Å². The Hall–Kier alpha value is -0.560. The second-order valence-corrected chi connectivity index (χ2v) is 3.42. The van der Waals surface area contributed by atoms with Crippen LogP contribution in [0.2, 0.25) is 0 Å². The van der Waals surface area contributed by atoms with Crippen molar-refractivity contribution in [2.75, 3.05) is 7.11 Å². The molecule has 0 aliphatic heterocycles. The van der Waals surface area contributed by atoms with Crippen molar-refractivity contribution in [1.29, 1.82) is 0 Å². The maximum absolute atomic E-state index is 11.1. The highest BCUT2D eigenvalue weighted by molar-refractivity contribution is 9.10. The molecule has 0 aliphatic carbocycles. The van der Waals surface area contributed by atoms with Crippen LogP contribution < -0.4 is 16.1 Å². The summed E-state index contributed by atoms with van der Waals surface area (Å²) in [5, 5.41) is 0. The Morgan fingerprint density at radius 1 is 1.50 bits per heavy atom. The van der Waals surface area contributed by atoms with Crippen molar-refractivity contribution in [3.63, 3.8) is 0 Å². The van der Waals surface area contributed by atoms with Crippen molar-refractivity contribution in [3.05, 3.63) is 31.5 Å².